The first-order valence-corrected chi connectivity index (χ1v) is 13.7. The maximum atomic E-state index is 13.7. The van der Waals surface area contributed by atoms with Gasteiger partial charge in [-0.3, -0.25) is 9.59 Å². The minimum Gasteiger partial charge on any atom is -0.483 e. The minimum atomic E-state index is -0.670. The van der Waals surface area contributed by atoms with Crippen LogP contribution in [0.2, 0.25) is 0 Å². The number of aryl methyl sites for hydroxylation is 1. The average Bonchev–Trinajstić information content (AvgIpc) is 2.89. The second kappa shape index (κ2) is 14.0. The fourth-order valence-electron chi connectivity index (χ4n) is 4.11. The van der Waals surface area contributed by atoms with Crippen LogP contribution in [-0.2, 0) is 22.6 Å². The fourth-order valence-corrected chi connectivity index (χ4v) is 4.62. The summed E-state index contributed by atoms with van der Waals surface area (Å²) >= 11 is 3.58. The summed E-state index contributed by atoms with van der Waals surface area (Å²) in [7, 11) is 0. The molecule has 0 bridgehead atoms. The van der Waals surface area contributed by atoms with Crippen molar-refractivity contribution in [1.29, 1.82) is 0 Å². The summed E-state index contributed by atoms with van der Waals surface area (Å²) in [6, 6.07) is 23.0. The molecule has 0 saturated carbocycles. The van der Waals surface area contributed by atoms with Gasteiger partial charge in [-0.15, -0.1) is 0 Å². The molecule has 0 fully saturated rings. The molecule has 0 unspecified atom stereocenters. The van der Waals surface area contributed by atoms with E-state index in [0.717, 1.165) is 27.6 Å². The summed E-state index contributed by atoms with van der Waals surface area (Å²) in [4.78, 5) is 28.8. The zero-order chi connectivity index (χ0) is 26.8. The van der Waals surface area contributed by atoms with Crippen LogP contribution in [0.15, 0.2) is 77.3 Å². The Morgan fingerprint density at radius 1 is 1.00 bits per heavy atom. The molecule has 196 valence electrons. The molecule has 0 aliphatic rings. The summed E-state index contributed by atoms with van der Waals surface area (Å²) in [5, 5.41) is 3.01. The lowest BCUT2D eigenvalue weighted by molar-refractivity contribution is -0.142. The maximum Gasteiger partial charge on any atom is 0.261 e. The highest BCUT2D eigenvalue weighted by atomic mass is 79.9. The zero-order valence-electron chi connectivity index (χ0n) is 22.2. The number of carbonyl (C=O) groups is 2. The van der Waals surface area contributed by atoms with Crippen LogP contribution in [0.1, 0.15) is 55.4 Å². The zero-order valence-corrected chi connectivity index (χ0v) is 23.8. The van der Waals surface area contributed by atoms with E-state index in [4.69, 9.17) is 4.74 Å². The van der Waals surface area contributed by atoms with Gasteiger partial charge in [-0.1, -0.05) is 81.4 Å². The van der Waals surface area contributed by atoms with Gasteiger partial charge in [-0.2, -0.15) is 0 Å². The van der Waals surface area contributed by atoms with Gasteiger partial charge in [0.05, 0.1) is 4.47 Å². The molecule has 1 N–H and O–H groups in total. The van der Waals surface area contributed by atoms with Crippen molar-refractivity contribution < 1.29 is 14.3 Å². The van der Waals surface area contributed by atoms with Crippen molar-refractivity contribution in [2.75, 3.05) is 13.2 Å². The highest BCUT2D eigenvalue weighted by Crippen LogP contribution is 2.29. The van der Waals surface area contributed by atoms with Crippen molar-refractivity contribution in [1.82, 2.24) is 10.2 Å². The minimum absolute atomic E-state index is 0.157. The predicted molar refractivity (Wildman–Crippen MR) is 153 cm³/mol. The molecule has 1 atom stereocenters. The Hall–Kier alpha value is -3.12. The molecule has 6 heteroatoms. The quantitative estimate of drug-likeness (QED) is 0.276. The predicted octanol–water partition coefficient (Wildman–Crippen LogP) is 6.43. The third kappa shape index (κ3) is 8.19. The number of nitrogens with one attached hydrogen (secondary N) is 1. The molecule has 0 aliphatic carbocycles. The molecule has 3 rings (SSSR count). The van der Waals surface area contributed by atoms with Crippen molar-refractivity contribution >= 4 is 27.7 Å². The van der Waals surface area contributed by atoms with E-state index in [1.807, 2.05) is 86.6 Å². The summed E-state index contributed by atoms with van der Waals surface area (Å²) in [6.07, 6.45) is 1.24. The first kappa shape index (κ1) is 28.5. The molecule has 0 saturated heterocycles. The van der Waals surface area contributed by atoms with Gasteiger partial charge < -0.3 is 15.0 Å². The molecule has 0 aliphatic heterocycles. The van der Waals surface area contributed by atoms with Crippen molar-refractivity contribution in [2.45, 2.75) is 59.0 Å². The summed E-state index contributed by atoms with van der Waals surface area (Å²) in [5.41, 5.74) is 4.25. The van der Waals surface area contributed by atoms with Gasteiger partial charge in [0.1, 0.15) is 11.8 Å². The third-order valence-corrected chi connectivity index (χ3v) is 7.02. The number of carbonyl (C=O) groups excluding carboxylic acids is 2. The molecule has 3 aromatic rings. The lowest BCUT2D eigenvalue weighted by atomic mass is 10.0. The van der Waals surface area contributed by atoms with Crippen LogP contribution >= 0.6 is 15.9 Å². The van der Waals surface area contributed by atoms with Crippen molar-refractivity contribution in [2.24, 2.45) is 0 Å². The largest absolute Gasteiger partial charge is 0.483 e. The molecule has 0 heterocycles. The second-order valence-corrected chi connectivity index (χ2v) is 10.4. The van der Waals surface area contributed by atoms with Gasteiger partial charge in [0.15, 0.2) is 6.61 Å². The molecular weight excluding hydrogens is 528 g/mol. The average molecular weight is 566 g/mol. The lowest BCUT2D eigenvalue weighted by Gasteiger charge is -2.32. The van der Waals surface area contributed by atoms with Gasteiger partial charge in [0.25, 0.3) is 5.91 Å². The number of ether oxygens (including phenoxy) is 1. The van der Waals surface area contributed by atoms with E-state index < -0.39 is 6.04 Å². The van der Waals surface area contributed by atoms with E-state index in [9.17, 15) is 9.59 Å². The number of amides is 2. The van der Waals surface area contributed by atoms with Crippen LogP contribution < -0.4 is 10.1 Å². The van der Waals surface area contributed by atoms with Gasteiger partial charge in [0.2, 0.25) is 5.91 Å². The Kier molecular flexibility index (Phi) is 10.8. The van der Waals surface area contributed by atoms with Gasteiger partial charge in [-0.25, -0.2) is 0 Å². The Balaban J connectivity index is 1.90. The number of nitrogens with zero attached hydrogens (tertiary/aromatic N) is 1. The van der Waals surface area contributed by atoms with Crippen LogP contribution in [0.3, 0.4) is 0 Å². The third-order valence-electron chi connectivity index (χ3n) is 6.40. The van der Waals surface area contributed by atoms with Crippen LogP contribution in [0.25, 0.3) is 0 Å². The summed E-state index contributed by atoms with van der Waals surface area (Å²) < 4.78 is 6.78. The van der Waals surface area contributed by atoms with E-state index in [1.165, 1.54) is 5.56 Å². The summed E-state index contributed by atoms with van der Waals surface area (Å²) in [5.74, 6) is 0.589. The number of hydrogen-bond donors (Lipinski definition) is 1. The molecule has 0 spiro atoms. The first-order chi connectivity index (χ1) is 17.8. The van der Waals surface area contributed by atoms with Gasteiger partial charge >= 0.3 is 0 Å². The van der Waals surface area contributed by atoms with Crippen LogP contribution in [0.4, 0.5) is 0 Å². The highest BCUT2D eigenvalue weighted by molar-refractivity contribution is 9.10. The monoisotopic (exact) mass is 564 g/mol. The van der Waals surface area contributed by atoms with Crippen molar-refractivity contribution in [3.63, 3.8) is 0 Å². The normalized spacial score (nSPS) is 11.7. The smallest absolute Gasteiger partial charge is 0.261 e. The fraction of sp³-hybridized carbons (Fsp3) is 0.355. The SMILES string of the molecule is CCCNC(=O)[C@H](Cc1ccccc1)N(Cc1ccccc1C)C(=O)COc1ccc(C(C)C)cc1Br. The standard InChI is InChI=1S/C31H37BrN2O3/c1-5-17-33-31(36)28(18-24-12-7-6-8-13-24)34(20-26-14-10-9-11-23(26)4)30(35)21-37-29-16-15-25(22(2)3)19-27(29)32/h6-16,19,22,28H,5,17-18,20-21H2,1-4H3,(H,33,36)/t28-/m0/s1. The number of benzene rings is 3. The van der Waals surface area contributed by atoms with Gasteiger partial charge in [-0.05, 0) is 69.6 Å². The second-order valence-electron chi connectivity index (χ2n) is 9.58. The van der Waals surface area contributed by atoms with E-state index in [-0.39, 0.29) is 18.4 Å². The Labute approximate surface area is 229 Å². The van der Waals surface area contributed by atoms with Crippen molar-refractivity contribution in [3.8, 4) is 5.75 Å². The molecule has 2 amide bonds. The number of hydrogen-bond acceptors (Lipinski definition) is 3. The molecule has 0 aromatic heterocycles. The topological polar surface area (TPSA) is 58.6 Å². The van der Waals surface area contributed by atoms with Crippen LogP contribution in [0.5, 0.6) is 5.75 Å². The molecule has 3 aromatic carbocycles. The molecular formula is C31H37BrN2O3. The molecule has 0 radical (unpaired) electrons. The van der Waals surface area contributed by atoms with E-state index in [0.29, 0.717) is 31.2 Å². The maximum absolute atomic E-state index is 13.7. The summed E-state index contributed by atoms with van der Waals surface area (Å²) in [6.45, 7) is 9.00. The molecule has 5 nitrogen and oxygen atoms in total. The Morgan fingerprint density at radius 2 is 1.70 bits per heavy atom. The first-order valence-electron chi connectivity index (χ1n) is 12.9. The van der Waals surface area contributed by atoms with Crippen LogP contribution in [-0.4, -0.2) is 35.9 Å². The number of halogens is 1. The number of rotatable bonds is 12. The van der Waals surface area contributed by atoms with Gasteiger partial charge in [0, 0.05) is 19.5 Å². The Morgan fingerprint density at radius 3 is 2.35 bits per heavy atom. The van der Waals surface area contributed by atoms with Crippen molar-refractivity contribution in [3.05, 3.63) is 99.5 Å². The Bertz CT molecular complexity index is 1180. The van der Waals surface area contributed by atoms with E-state index >= 15 is 0 Å². The van der Waals surface area contributed by atoms with E-state index in [1.54, 1.807) is 4.90 Å². The van der Waals surface area contributed by atoms with E-state index in [2.05, 4.69) is 35.1 Å². The highest BCUT2D eigenvalue weighted by Gasteiger charge is 2.31. The van der Waals surface area contributed by atoms with Crippen LogP contribution in [0, 0.1) is 6.92 Å². The lowest BCUT2D eigenvalue weighted by Crippen LogP contribution is -2.51. The molecule has 37 heavy (non-hydrogen) atoms.